The SMILES string of the molecule is COCN(c1cc(Cl)cnc1C(=O)c1ccccc1N(C)S(C)(=O)=O)S(=O)(=O)c1ccc(Cl)c(C(F)(F)F)c1. The Morgan fingerprint density at radius 3 is 2.26 bits per heavy atom. The molecule has 0 N–H and O–H groups in total. The first kappa shape index (κ1) is 30.6. The number of hydrogen-bond acceptors (Lipinski definition) is 7. The molecule has 0 bridgehead atoms. The number of ether oxygens (including phenoxy) is 1. The van der Waals surface area contributed by atoms with Gasteiger partial charge in [0, 0.05) is 25.9 Å². The van der Waals surface area contributed by atoms with Gasteiger partial charge >= 0.3 is 6.18 Å². The van der Waals surface area contributed by atoms with Crippen molar-refractivity contribution in [2.75, 3.05) is 35.8 Å². The summed E-state index contributed by atoms with van der Waals surface area (Å²) < 4.78 is 98.2. The number of methoxy groups -OCH3 is 1. The molecular formula is C23H20Cl2F3N3O6S2. The third kappa shape index (κ3) is 6.47. The Morgan fingerprint density at radius 2 is 1.67 bits per heavy atom. The second-order valence-electron chi connectivity index (χ2n) is 8.01. The van der Waals surface area contributed by atoms with Crippen LogP contribution < -0.4 is 8.61 Å². The highest BCUT2D eigenvalue weighted by Crippen LogP contribution is 2.38. The maximum absolute atomic E-state index is 13.7. The average Bonchev–Trinajstić information content (AvgIpc) is 2.85. The Bertz CT molecular complexity index is 1630. The van der Waals surface area contributed by atoms with Crippen molar-refractivity contribution in [1.29, 1.82) is 0 Å². The van der Waals surface area contributed by atoms with E-state index in [1.54, 1.807) is 0 Å². The van der Waals surface area contributed by atoms with E-state index in [1.165, 1.54) is 31.3 Å². The molecule has 3 rings (SSSR count). The van der Waals surface area contributed by atoms with Crippen molar-refractivity contribution in [2.24, 2.45) is 0 Å². The fourth-order valence-electron chi connectivity index (χ4n) is 3.44. The minimum Gasteiger partial charge on any atom is -0.363 e. The molecule has 0 unspecified atom stereocenters. The van der Waals surface area contributed by atoms with Gasteiger partial charge in [0.25, 0.3) is 10.0 Å². The molecule has 3 aromatic rings. The van der Waals surface area contributed by atoms with Crippen molar-refractivity contribution in [1.82, 2.24) is 4.98 Å². The fourth-order valence-corrected chi connectivity index (χ4v) is 5.73. The zero-order chi connectivity index (χ0) is 29.3. The number of nitrogens with zero attached hydrogens (tertiary/aromatic N) is 3. The van der Waals surface area contributed by atoms with Crippen LogP contribution >= 0.6 is 23.2 Å². The second-order valence-corrected chi connectivity index (χ2v) is 12.7. The highest BCUT2D eigenvalue weighted by Gasteiger charge is 2.37. The number of aromatic nitrogens is 1. The molecule has 0 saturated carbocycles. The monoisotopic (exact) mass is 625 g/mol. The van der Waals surface area contributed by atoms with Gasteiger partial charge in [0.05, 0.1) is 38.1 Å². The molecule has 0 amide bonds. The van der Waals surface area contributed by atoms with E-state index in [2.05, 4.69) is 4.98 Å². The smallest absolute Gasteiger partial charge is 0.363 e. The fraction of sp³-hybridized carbons (Fsp3) is 0.217. The summed E-state index contributed by atoms with van der Waals surface area (Å²) in [7, 11) is -6.29. The van der Waals surface area contributed by atoms with Gasteiger partial charge < -0.3 is 4.74 Å². The summed E-state index contributed by atoms with van der Waals surface area (Å²) in [6, 6.07) is 8.69. The summed E-state index contributed by atoms with van der Waals surface area (Å²) in [5.41, 5.74) is -2.47. The number of halogens is 5. The molecule has 0 fully saturated rings. The minimum absolute atomic E-state index is 0.0265. The summed E-state index contributed by atoms with van der Waals surface area (Å²) in [5, 5.41) is -0.821. The number of ketones is 1. The van der Waals surface area contributed by atoms with E-state index in [0.29, 0.717) is 10.4 Å². The van der Waals surface area contributed by atoms with Crippen LogP contribution in [0.2, 0.25) is 10.0 Å². The van der Waals surface area contributed by atoms with E-state index in [0.717, 1.165) is 42.1 Å². The predicted molar refractivity (Wildman–Crippen MR) is 140 cm³/mol. The van der Waals surface area contributed by atoms with Crippen LogP contribution in [0, 0.1) is 0 Å². The van der Waals surface area contributed by atoms with E-state index in [4.69, 9.17) is 27.9 Å². The number of alkyl halides is 3. The molecule has 210 valence electrons. The lowest BCUT2D eigenvalue weighted by Gasteiger charge is -2.26. The number of sulfonamides is 2. The first-order valence-corrected chi connectivity index (χ1v) is 14.7. The average molecular weight is 626 g/mol. The van der Waals surface area contributed by atoms with Gasteiger partial charge in [-0.1, -0.05) is 35.3 Å². The molecule has 0 aliphatic heterocycles. The molecule has 16 heteroatoms. The highest BCUT2D eigenvalue weighted by atomic mass is 35.5. The Hall–Kier alpha value is -2.91. The Kier molecular flexibility index (Phi) is 8.87. The van der Waals surface area contributed by atoms with Gasteiger partial charge in [0.15, 0.2) is 0 Å². The first-order chi connectivity index (χ1) is 18.0. The van der Waals surface area contributed by atoms with E-state index in [-0.39, 0.29) is 16.3 Å². The number of anilines is 2. The van der Waals surface area contributed by atoms with Gasteiger partial charge in [-0.15, -0.1) is 0 Å². The van der Waals surface area contributed by atoms with Gasteiger partial charge in [0.2, 0.25) is 15.8 Å². The van der Waals surface area contributed by atoms with E-state index in [9.17, 15) is 34.8 Å². The number of carbonyl (C=O) groups is 1. The van der Waals surface area contributed by atoms with Crippen molar-refractivity contribution in [3.05, 3.63) is 81.6 Å². The van der Waals surface area contributed by atoms with E-state index >= 15 is 0 Å². The number of hydrogen-bond donors (Lipinski definition) is 0. The Morgan fingerprint density at radius 1 is 1.03 bits per heavy atom. The minimum atomic E-state index is -4.96. The van der Waals surface area contributed by atoms with Crippen LogP contribution in [0.15, 0.2) is 59.6 Å². The highest BCUT2D eigenvalue weighted by molar-refractivity contribution is 7.93. The number of carbonyl (C=O) groups excluding carboxylic acids is 1. The Labute approximate surface area is 232 Å². The molecular weight excluding hydrogens is 606 g/mol. The lowest BCUT2D eigenvalue weighted by atomic mass is 10.0. The normalized spacial score (nSPS) is 12.3. The van der Waals surface area contributed by atoms with Crippen LogP contribution in [0.4, 0.5) is 24.5 Å². The number of para-hydroxylation sites is 1. The van der Waals surface area contributed by atoms with Crippen molar-refractivity contribution in [3.63, 3.8) is 0 Å². The lowest BCUT2D eigenvalue weighted by Crippen LogP contribution is -2.35. The molecule has 0 aliphatic rings. The zero-order valence-corrected chi connectivity index (χ0v) is 23.5. The zero-order valence-electron chi connectivity index (χ0n) is 20.4. The molecule has 2 aromatic carbocycles. The molecule has 39 heavy (non-hydrogen) atoms. The van der Waals surface area contributed by atoms with Crippen LogP contribution in [0.5, 0.6) is 0 Å². The molecule has 0 saturated heterocycles. The molecule has 9 nitrogen and oxygen atoms in total. The Balaban J connectivity index is 2.24. The molecule has 0 atom stereocenters. The van der Waals surface area contributed by atoms with Gasteiger partial charge in [-0.3, -0.25) is 9.10 Å². The quantitative estimate of drug-likeness (QED) is 0.247. The van der Waals surface area contributed by atoms with E-state index < -0.39 is 65.6 Å². The van der Waals surface area contributed by atoms with Crippen LogP contribution in [0.3, 0.4) is 0 Å². The third-order valence-corrected chi connectivity index (χ3v) is 8.84. The van der Waals surface area contributed by atoms with Gasteiger partial charge in [-0.25, -0.2) is 26.1 Å². The molecule has 1 heterocycles. The number of benzene rings is 2. The maximum atomic E-state index is 13.7. The van der Waals surface area contributed by atoms with Gasteiger partial charge in [-0.2, -0.15) is 13.2 Å². The summed E-state index contributed by atoms with van der Waals surface area (Å²) in [6.07, 6.45) is -2.97. The van der Waals surface area contributed by atoms with Crippen molar-refractivity contribution in [3.8, 4) is 0 Å². The summed E-state index contributed by atoms with van der Waals surface area (Å²) >= 11 is 11.7. The van der Waals surface area contributed by atoms with Crippen molar-refractivity contribution >= 4 is 60.4 Å². The van der Waals surface area contributed by atoms with Crippen LogP contribution in [-0.2, 0) is 31.0 Å². The topological polar surface area (TPSA) is 114 Å². The molecule has 1 aromatic heterocycles. The van der Waals surface area contributed by atoms with Crippen LogP contribution in [0.1, 0.15) is 21.6 Å². The third-order valence-electron chi connectivity index (χ3n) is 5.38. The first-order valence-electron chi connectivity index (χ1n) is 10.6. The summed E-state index contributed by atoms with van der Waals surface area (Å²) in [4.78, 5) is 16.9. The predicted octanol–water partition coefficient (Wildman–Crippen LogP) is 4.83. The van der Waals surface area contributed by atoms with Crippen LogP contribution in [-0.4, -0.2) is 54.7 Å². The molecule has 0 radical (unpaired) electrons. The molecule has 0 spiro atoms. The number of pyridine rings is 1. The second kappa shape index (κ2) is 11.3. The van der Waals surface area contributed by atoms with E-state index in [1.807, 2.05) is 0 Å². The largest absolute Gasteiger partial charge is 0.417 e. The van der Waals surface area contributed by atoms with Gasteiger partial charge in [-0.05, 0) is 36.4 Å². The standard InChI is InChI=1S/C23H20Cl2F3N3O6S2/c1-30(38(3,33)34)19-7-5-4-6-16(19)22(32)21-20(10-14(24)12-29-21)31(13-37-2)39(35,36)15-8-9-18(25)17(11-15)23(26,27)28/h4-12H,13H2,1-3H3. The number of rotatable bonds is 9. The van der Waals surface area contributed by atoms with Crippen molar-refractivity contribution < 1.29 is 39.5 Å². The van der Waals surface area contributed by atoms with Crippen molar-refractivity contribution in [2.45, 2.75) is 11.1 Å². The summed E-state index contributed by atoms with van der Waals surface area (Å²) in [5.74, 6) is -0.892. The summed E-state index contributed by atoms with van der Waals surface area (Å²) in [6.45, 7) is -0.750. The lowest BCUT2D eigenvalue weighted by molar-refractivity contribution is -0.137. The van der Waals surface area contributed by atoms with Gasteiger partial charge in [0.1, 0.15) is 12.4 Å². The maximum Gasteiger partial charge on any atom is 0.417 e. The molecule has 0 aliphatic carbocycles. The van der Waals surface area contributed by atoms with Crippen LogP contribution in [0.25, 0.3) is 0 Å².